The maximum atomic E-state index is 12.9. The van der Waals surface area contributed by atoms with Gasteiger partial charge in [0, 0.05) is 67.3 Å². The van der Waals surface area contributed by atoms with E-state index in [1.54, 1.807) is 18.6 Å². The summed E-state index contributed by atoms with van der Waals surface area (Å²) < 4.78 is 2.04. The number of fused-ring (bicyclic) bond motifs is 1. The summed E-state index contributed by atoms with van der Waals surface area (Å²) in [7, 11) is 2.00. The average molecular weight is 306 g/mol. The summed E-state index contributed by atoms with van der Waals surface area (Å²) in [5.74, 6) is 0.385. The van der Waals surface area contributed by atoms with Gasteiger partial charge in [-0.2, -0.15) is 0 Å². The normalized spacial score (nSPS) is 17.8. The summed E-state index contributed by atoms with van der Waals surface area (Å²) in [6.07, 6.45) is 8.13. The zero-order valence-corrected chi connectivity index (χ0v) is 13.0. The number of amides is 1. The SMILES string of the molecule is Cn1ccc2c(C(=O)N3CCC(c4cnccn4)C3)cccc21. The smallest absolute Gasteiger partial charge is 0.254 e. The van der Waals surface area contributed by atoms with Crippen LogP contribution in [0.1, 0.15) is 28.4 Å². The van der Waals surface area contributed by atoms with Gasteiger partial charge in [0.1, 0.15) is 0 Å². The van der Waals surface area contributed by atoms with Crippen LogP contribution in [0.15, 0.2) is 49.1 Å². The monoisotopic (exact) mass is 306 g/mol. The van der Waals surface area contributed by atoms with Crippen LogP contribution in [-0.4, -0.2) is 38.4 Å². The summed E-state index contributed by atoms with van der Waals surface area (Å²) in [6.45, 7) is 1.48. The van der Waals surface area contributed by atoms with E-state index in [0.717, 1.165) is 35.1 Å². The van der Waals surface area contributed by atoms with Gasteiger partial charge in [-0.3, -0.25) is 14.8 Å². The van der Waals surface area contributed by atoms with Crippen molar-refractivity contribution in [2.75, 3.05) is 13.1 Å². The first-order chi connectivity index (χ1) is 11.2. The van der Waals surface area contributed by atoms with E-state index >= 15 is 0 Å². The van der Waals surface area contributed by atoms with Crippen molar-refractivity contribution in [3.05, 3.63) is 60.3 Å². The van der Waals surface area contributed by atoms with Gasteiger partial charge in [-0.15, -0.1) is 0 Å². The van der Waals surface area contributed by atoms with Gasteiger partial charge in [-0.1, -0.05) is 6.07 Å². The summed E-state index contributed by atoms with van der Waals surface area (Å²) >= 11 is 0. The standard InChI is InChI=1S/C18H18N4O/c1-21-9-6-14-15(3-2-4-17(14)21)18(23)22-10-5-13(12-22)16-11-19-7-8-20-16/h2-4,6-9,11,13H,5,10,12H2,1H3. The van der Waals surface area contributed by atoms with Crippen molar-refractivity contribution in [1.29, 1.82) is 0 Å². The van der Waals surface area contributed by atoms with Crippen LogP contribution >= 0.6 is 0 Å². The lowest BCUT2D eigenvalue weighted by Gasteiger charge is -2.17. The Hall–Kier alpha value is -2.69. The Labute approximate surface area is 134 Å². The maximum Gasteiger partial charge on any atom is 0.254 e. The van der Waals surface area contributed by atoms with Gasteiger partial charge in [-0.25, -0.2) is 0 Å². The van der Waals surface area contributed by atoms with Crippen LogP contribution < -0.4 is 0 Å². The van der Waals surface area contributed by atoms with E-state index in [1.165, 1.54) is 0 Å². The number of hydrogen-bond donors (Lipinski definition) is 0. The molecule has 1 aromatic carbocycles. The van der Waals surface area contributed by atoms with Gasteiger partial charge < -0.3 is 9.47 Å². The minimum Gasteiger partial charge on any atom is -0.351 e. The Morgan fingerprint density at radius 3 is 3.00 bits per heavy atom. The van der Waals surface area contributed by atoms with Gasteiger partial charge in [-0.05, 0) is 24.6 Å². The fraction of sp³-hybridized carbons (Fsp3) is 0.278. The number of hydrogen-bond acceptors (Lipinski definition) is 3. The molecule has 1 amide bonds. The molecular formula is C18H18N4O. The van der Waals surface area contributed by atoms with E-state index in [2.05, 4.69) is 9.97 Å². The molecule has 1 saturated heterocycles. The van der Waals surface area contributed by atoms with Crippen molar-refractivity contribution in [1.82, 2.24) is 19.4 Å². The molecule has 2 aromatic heterocycles. The van der Waals surface area contributed by atoms with E-state index in [-0.39, 0.29) is 11.8 Å². The number of aryl methyl sites for hydroxylation is 1. The van der Waals surface area contributed by atoms with Crippen molar-refractivity contribution in [2.45, 2.75) is 12.3 Å². The number of benzene rings is 1. The molecule has 0 spiro atoms. The van der Waals surface area contributed by atoms with Crippen molar-refractivity contribution in [2.24, 2.45) is 7.05 Å². The van der Waals surface area contributed by atoms with Crippen LogP contribution in [0.4, 0.5) is 0 Å². The molecule has 0 aliphatic carbocycles. The zero-order valence-electron chi connectivity index (χ0n) is 13.0. The Bertz CT molecular complexity index is 856. The Balaban J connectivity index is 1.60. The van der Waals surface area contributed by atoms with E-state index in [1.807, 2.05) is 47.0 Å². The highest BCUT2D eigenvalue weighted by molar-refractivity contribution is 6.06. The highest BCUT2D eigenvalue weighted by Crippen LogP contribution is 2.28. The van der Waals surface area contributed by atoms with Crippen molar-refractivity contribution in [3.63, 3.8) is 0 Å². The molecule has 1 fully saturated rings. The minimum atomic E-state index is 0.105. The predicted molar refractivity (Wildman–Crippen MR) is 88.2 cm³/mol. The first kappa shape index (κ1) is 13.9. The van der Waals surface area contributed by atoms with Gasteiger partial charge in [0.05, 0.1) is 5.69 Å². The van der Waals surface area contributed by atoms with Gasteiger partial charge in [0.25, 0.3) is 5.91 Å². The molecule has 23 heavy (non-hydrogen) atoms. The topological polar surface area (TPSA) is 51.0 Å². The number of aromatic nitrogens is 3. The summed E-state index contributed by atoms with van der Waals surface area (Å²) in [6, 6.07) is 7.92. The quantitative estimate of drug-likeness (QED) is 0.731. The van der Waals surface area contributed by atoms with Crippen LogP contribution in [0, 0.1) is 0 Å². The molecule has 1 atom stereocenters. The molecule has 0 saturated carbocycles. The lowest BCUT2D eigenvalue weighted by atomic mass is 10.1. The van der Waals surface area contributed by atoms with E-state index in [4.69, 9.17) is 0 Å². The Kier molecular flexibility index (Phi) is 3.33. The number of likely N-dealkylation sites (tertiary alicyclic amines) is 1. The molecule has 4 rings (SSSR count). The molecule has 5 nitrogen and oxygen atoms in total. The number of carbonyl (C=O) groups excluding carboxylic acids is 1. The first-order valence-electron chi connectivity index (χ1n) is 7.83. The molecular weight excluding hydrogens is 288 g/mol. The van der Waals surface area contributed by atoms with Crippen LogP contribution in [0.2, 0.25) is 0 Å². The molecule has 5 heteroatoms. The molecule has 0 bridgehead atoms. The van der Waals surface area contributed by atoms with Gasteiger partial charge >= 0.3 is 0 Å². The first-order valence-corrected chi connectivity index (χ1v) is 7.83. The summed E-state index contributed by atoms with van der Waals surface area (Å²) in [4.78, 5) is 23.4. The minimum absolute atomic E-state index is 0.105. The number of nitrogens with zero attached hydrogens (tertiary/aromatic N) is 4. The van der Waals surface area contributed by atoms with Gasteiger partial charge in [0.15, 0.2) is 0 Å². The van der Waals surface area contributed by atoms with E-state index < -0.39 is 0 Å². The maximum absolute atomic E-state index is 12.9. The van der Waals surface area contributed by atoms with Crippen molar-refractivity contribution >= 4 is 16.8 Å². The second-order valence-corrected chi connectivity index (χ2v) is 6.03. The number of carbonyl (C=O) groups is 1. The van der Waals surface area contributed by atoms with Crippen LogP contribution in [0.25, 0.3) is 10.9 Å². The fourth-order valence-corrected chi connectivity index (χ4v) is 3.37. The third kappa shape index (κ3) is 2.38. The third-order valence-corrected chi connectivity index (χ3v) is 4.64. The summed E-state index contributed by atoms with van der Waals surface area (Å²) in [5, 5.41) is 1.02. The molecule has 0 N–H and O–H groups in total. The molecule has 1 aliphatic heterocycles. The Morgan fingerprint density at radius 2 is 2.17 bits per heavy atom. The lowest BCUT2D eigenvalue weighted by Crippen LogP contribution is -2.28. The van der Waals surface area contributed by atoms with Crippen LogP contribution in [0.5, 0.6) is 0 Å². The molecule has 1 unspecified atom stereocenters. The van der Waals surface area contributed by atoms with Crippen molar-refractivity contribution < 1.29 is 4.79 Å². The molecule has 116 valence electrons. The lowest BCUT2D eigenvalue weighted by molar-refractivity contribution is 0.0792. The highest BCUT2D eigenvalue weighted by Gasteiger charge is 2.29. The van der Waals surface area contributed by atoms with Gasteiger partial charge in [0.2, 0.25) is 0 Å². The van der Waals surface area contributed by atoms with Crippen molar-refractivity contribution in [3.8, 4) is 0 Å². The Morgan fingerprint density at radius 1 is 1.26 bits per heavy atom. The largest absolute Gasteiger partial charge is 0.351 e. The molecule has 0 radical (unpaired) electrons. The number of rotatable bonds is 2. The molecule has 3 heterocycles. The molecule has 1 aliphatic rings. The molecule has 3 aromatic rings. The van der Waals surface area contributed by atoms with E-state index in [0.29, 0.717) is 6.54 Å². The summed E-state index contributed by atoms with van der Waals surface area (Å²) in [5.41, 5.74) is 2.84. The predicted octanol–water partition coefficient (Wildman–Crippen LogP) is 2.60. The fourth-order valence-electron chi connectivity index (χ4n) is 3.37. The average Bonchev–Trinajstić information content (AvgIpc) is 3.23. The zero-order chi connectivity index (χ0) is 15.8. The second kappa shape index (κ2) is 5.50. The highest BCUT2D eigenvalue weighted by atomic mass is 16.2. The van der Waals surface area contributed by atoms with Crippen LogP contribution in [-0.2, 0) is 7.05 Å². The van der Waals surface area contributed by atoms with E-state index in [9.17, 15) is 4.79 Å². The third-order valence-electron chi connectivity index (χ3n) is 4.64. The second-order valence-electron chi connectivity index (χ2n) is 6.03. The van der Waals surface area contributed by atoms with Crippen LogP contribution in [0.3, 0.4) is 0 Å².